The first-order valence-corrected chi connectivity index (χ1v) is 4.60. The average molecular weight is 130 g/mol. The second-order valence-corrected chi connectivity index (χ2v) is 3.83. The Hall–Kier alpha value is 0.350. The Kier molecular flexibility index (Phi) is 2.74. The molecule has 0 nitrogen and oxygen atoms in total. The molecule has 0 saturated carbocycles. The normalized spacial score (nSPS) is 28.9. The highest BCUT2D eigenvalue weighted by molar-refractivity contribution is 8.00. The van der Waals surface area contributed by atoms with Crippen LogP contribution in [-0.4, -0.2) is 11.0 Å². The fraction of sp³-hybridized carbons (Fsp3) is 1.00. The minimum Gasteiger partial charge on any atom is -0.159 e. The van der Waals surface area contributed by atoms with Crippen molar-refractivity contribution >= 4 is 11.8 Å². The van der Waals surface area contributed by atoms with E-state index in [1.54, 1.807) is 0 Å². The molecule has 0 radical (unpaired) electrons. The summed E-state index contributed by atoms with van der Waals surface area (Å²) in [5.74, 6) is 1.42. The van der Waals surface area contributed by atoms with Crippen molar-refractivity contribution < 1.29 is 0 Å². The lowest BCUT2D eigenvalue weighted by atomic mass is 10.2. The molecule has 8 heavy (non-hydrogen) atoms. The van der Waals surface area contributed by atoms with Gasteiger partial charge in [-0.3, -0.25) is 0 Å². The van der Waals surface area contributed by atoms with Gasteiger partial charge in [0, 0.05) is 5.25 Å². The highest BCUT2D eigenvalue weighted by Gasteiger charge is 2.13. The van der Waals surface area contributed by atoms with Crippen LogP contribution in [0.4, 0.5) is 0 Å². The van der Waals surface area contributed by atoms with Gasteiger partial charge in [0.05, 0.1) is 0 Å². The summed E-state index contributed by atoms with van der Waals surface area (Å²) < 4.78 is 0. The fourth-order valence-corrected chi connectivity index (χ4v) is 2.60. The Labute approximate surface area is 56.0 Å². The van der Waals surface area contributed by atoms with E-state index in [0.29, 0.717) is 0 Å². The first-order chi connectivity index (χ1) is 3.93. The smallest absolute Gasteiger partial charge is 0.00472 e. The van der Waals surface area contributed by atoms with E-state index in [0.717, 1.165) is 5.25 Å². The number of hydrogen-bond acceptors (Lipinski definition) is 1. The minimum absolute atomic E-state index is 1.03. The molecule has 1 heterocycles. The first kappa shape index (κ1) is 6.47. The molecule has 0 N–H and O–H groups in total. The summed E-state index contributed by atoms with van der Waals surface area (Å²) in [5, 5.41) is 1.03. The quantitative estimate of drug-likeness (QED) is 0.554. The van der Waals surface area contributed by atoms with Gasteiger partial charge in [-0.2, -0.15) is 11.8 Å². The summed E-state index contributed by atoms with van der Waals surface area (Å²) in [6.07, 6.45) is 5.77. The van der Waals surface area contributed by atoms with E-state index in [9.17, 15) is 0 Å². The zero-order chi connectivity index (χ0) is 5.82. The van der Waals surface area contributed by atoms with Crippen molar-refractivity contribution in [3.63, 3.8) is 0 Å². The van der Waals surface area contributed by atoms with Gasteiger partial charge in [-0.1, -0.05) is 13.3 Å². The van der Waals surface area contributed by atoms with Crippen molar-refractivity contribution in [1.29, 1.82) is 0 Å². The number of rotatable bonds is 2. The van der Waals surface area contributed by atoms with E-state index >= 15 is 0 Å². The maximum absolute atomic E-state index is 2.28. The maximum atomic E-state index is 2.28. The molecule has 1 saturated heterocycles. The molecule has 0 unspecified atom stereocenters. The van der Waals surface area contributed by atoms with Crippen LogP contribution < -0.4 is 0 Å². The molecule has 0 aliphatic carbocycles. The molecule has 0 bridgehead atoms. The van der Waals surface area contributed by atoms with Crippen LogP contribution in [-0.2, 0) is 0 Å². The molecule has 0 spiro atoms. The molecule has 1 fully saturated rings. The van der Waals surface area contributed by atoms with E-state index in [1.807, 2.05) is 0 Å². The third kappa shape index (κ3) is 1.70. The predicted octanol–water partition coefficient (Wildman–Crippen LogP) is 2.68. The standard InChI is InChI=1S/C7H14S/c1-2-4-7-5-3-6-8-7/h7H,2-6H2,1H3/t7-/m0/s1. The number of thioether (sulfide) groups is 1. The third-order valence-corrected chi connectivity index (χ3v) is 3.10. The molecule has 1 aliphatic heterocycles. The average Bonchev–Trinajstić information content (AvgIpc) is 2.19. The Morgan fingerprint density at radius 1 is 1.62 bits per heavy atom. The van der Waals surface area contributed by atoms with Crippen LogP contribution in [0.1, 0.15) is 32.6 Å². The van der Waals surface area contributed by atoms with Gasteiger partial charge in [0.2, 0.25) is 0 Å². The second-order valence-electron chi connectivity index (χ2n) is 2.42. The van der Waals surface area contributed by atoms with Crippen molar-refractivity contribution in [3.8, 4) is 0 Å². The molecule has 0 aromatic heterocycles. The fourth-order valence-electron chi connectivity index (χ4n) is 1.19. The summed E-state index contributed by atoms with van der Waals surface area (Å²) in [5.41, 5.74) is 0. The van der Waals surface area contributed by atoms with Gasteiger partial charge in [0.15, 0.2) is 0 Å². The highest BCUT2D eigenvalue weighted by atomic mass is 32.2. The van der Waals surface area contributed by atoms with Gasteiger partial charge in [-0.15, -0.1) is 0 Å². The Morgan fingerprint density at radius 3 is 3.00 bits per heavy atom. The SMILES string of the molecule is CCC[C@H]1CCCS1. The molecular weight excluding hydrogens is 116 g/mol. The predicted molar refractivity (Wildman–Crippen MR) is 40.4 cm³/mol. The molecule has 1 aliphatic rings. The molecule has 48 valence electrons. The van der Waals surface area contributed by atoms with E-state index in [4.69, 9.17) is 0 Å². The Bertz CT molecular complexity index is 55.4. The number of hydrogen-bond donors (Lipinski definition) is 0. The van der Waals surface area contributed by atoms with Crippen molar-refractivity contribution in [1.82, 2.24) is 0 Å². The molecule has 0 aromatic rings. The van der Waals surface area contributed by atoms with Crippen molar-refractivity contribution in [2.45, 2.75) is 37.9 Å². The van der Waals surface area contributed by atoms with Crippen LogP contribution in [0.2, 0.25) is 0 Å². The molecule has 0 aromatic carbocycles. The molecule has 0 amide bonds. The summed E-state index contributed by atoms with van der Waals surface area (Å²) in [6, 6.07) is 0. The lowest BCUT2D eigenvalue weighted by molar-refractivity contribution is 0.702. The van der Waals surface area contributed by atoms with Crippen molar-refractivity contribution in [3.05, 3.63) is 0 Å². The second kappa shape index (κ2) is 3.39. The third-order valence-electron chi connectivity index (χ3n) is 1.63. The molecule has 1 heteroatoms. The highest BCUT2D eigenvalue weighted by Crippen LogP contribution is 2.29. The van der Waals surface area contributed by atoms with Crippen LogP contribution in [0.3, 0.4) is 0 Å². The van der Waals surface area contributed by atoms with E-state index in [2.05, 4.69) is 18.7 Å². The topological polar surface area (TPSA) is 0 Å². The van der Waals surface area contributed by atoms with Gasteiger partial charge in [0.25, 0.3) is 0 Å². The van der Waals surface area contributed by atoms with Gasteiger partial charge >= 0.3 is 0 Å². The summed E-state index contributed by atoms with van der Waals surface area (Å²) in [6.45, 7) is 2.28. The van der Waals surface area contributed by atoms with Crippen molar-refractivity contribution in [2.75, 3.05) is 5.75 Å². The zero-order valence-corrected chi connectivity index (χ0v) is 6.34. The van der Waals surface area contributed by atoms with Crippen molar-refractivity contribution in [2.24, 2.45) is 0 Å². The van der Waals surface area contributed by atoms with E-state index in [1.165, 1.54) is 31.4 Å². The van der Waals surface area contributed by atoms with Crippen LogP contribution >= 0.6 is 11.8 Å². The Balaban J connectivity index is 2.06. The summed E-state index contributed by atoms with van der Waals surface area (Å²) in [4.78, 5) is 0. The molecular formula is C7H14S. The van der Waals surface area contributed by atoms with E-state index < -0.39 is 0 Å². The monoisotopic (exact) mass is 130 g/mol. The lowest BCUT2D eigenvalue weighted by Gasteiger charge is -2.02. The van der Waals surface area contributed by atoms with Crippen LogP contribution in [0.15, 0.2) is 0 Å². The van der Waals surface area contributed by atoms with E-state index in [-0.39, 0.29) is 0 Å². The van der Waals surface area contributed by atoms with Crippen LogP contribution in [0.25, 0.3) is 0 Å². The largest absolute Gasteiger partial charge is 0.159 e. The van der Waals surface area contributed by atoms with Gasteiger partial charge < -0.3 is 0 Å². The van der Waals surface area contributed by atoms with Crippen LogP contribution in [0.5, 0.6) is 0 Å². The molecule has 1 atom stereocenters. The van der Waals surface area contributed by atoms with Crippen LogP contribution in [0, 0.1) is 0 Å². The Morgan fingerprint density at radius 2 is 2.50 bits per heavy atom. The lowest BCUT2D eigenvalue weighted by Crippen LogP contribution is -1.93. The van der Waals surface area contributed by atoms with Gasteiger partial charge in [0.1, 0.15) is 0 Å². The molecule has 1 rings (SSSR count). The summed E-state index contributed by atoms with van der Waals surface area (Å²) in [7, 11) is 0. The minimum atomic E-state index is 1.03. The maximum Gasteiger partial charge on any atom is 0.00472 e. The van der Waals surface area contributed by atoms with Gasteiger partial charge in [-0.05, 0) is 25.0 Å². The van der Waals surface area contributed by atoms with Gasteiger partial charge in [-0.25, -0.2) is 0 Å². The first-order valence-electron chi connectivity index (χ1n) is 3.55. The summed E-state index contributed by atoms with van der Waals surface area (Å²) >= 11 is 2.17. The zero-order valence-electron chi connectivity index (χ0n) is 5.52.